The van der Waals surface area contributed by atoms with Crippen LogP contribution in [-0.4, -0.2) is 36.6 Å². The molecule has 3 amide bonds. The second kappa shape index (κ2) is 12.4. The van der Waals surface area contributed by atoms with Crippen LogP contribution in [0.3, 0.4) is 0 Å². The van der Waals surface area contributed by atoms with Crippen molar-refractivity contribution in [2.24, 2.45) is 5.10 Å². The molecule has 0 atom stereocenters. The van der Waals surface area contributed by atoms with E-state index in [0.717, 1.165) is 37.8 Å². The van der Waals surface area contributed by atoms with E-state index in [0.29, 0.717) is 17.4 Å². The molecule has 1 fully saturated rings. The van der Waals surface area contributed by atoms with Gasteiger partial charge in [-0.1, -0.05) is 30.9 Å². The number of halogens is 4. The predicted octanol–water partition coefficient (Wildman–Crippen LogP) is 4.28. The largest absolute Gasteiger partial charge is 0.484 e. The molecule has 1 aliphatic carbocycles. The van der Waals surface area contributed by atoms with E-state index in [2.05, 4.69) is 15.7 Å². The fourth-order valence-electron chi connectivity index (χ4n) is 3.54. The maximum atomic E-state index is 12.9. The van der Waals surface area contributed by atoms with Gasteiger partial charge in [0.25, 0.3) is 5.91 Å². The van der Waals surface area contributed by atoms with Crippen molar-refractivity contribution in [1.29, 1.82) is 0 Å². The van der Waals surface area contributed by atoms with Gasteiger partial charge in [0.15, 0.2) is 6.61 Å². The first-order valence-corrected chi connectivity index (χ1v) is 11.5. The molecule has 3 N–H and O–H groups in total. The van der Waals surface area contributed by atoms with Crippen LogP contribution in [0.4, 0.5) is 18.9 Å². The van der Waals surface area contributed by atoms with Crippen LogP contribution in [0.25, 0.3) is 0 Å². The Balaban J connectivity index is 1.44. The highest BCUT2D eigenvalue weighted by atomic mass is 35.5. The van der Waals surface area contributed by atoms with E-state index in [4.69, 9.17) is 16.3 Å². The Labute approximate surface area is 210 Å². The molecule has 192 valence electrons. The van der Waals surface area contributed by atoms with Crippen molar-refractivity contribution in [2.75, 3.05) is 11.9 Å². The van der Waals surface area contributed by atoms with Crippen molar-refractivity contribution in [3.63, 3.8) is 0 Å². The molecule has 1 saturated carbocycles. The van der Waals surface area contributed by atoms with Crippen LogP contribution in [0.5, 0.6) is 5.75 Å². The monoisotopic (exact) mass is 524 g/mol. The Hall–Kier alpha value is -3.60. The molecule has 3 rings (SSSR count). The second-order valence-corrected chi connectivity index (χ2v) is 8.51. The minimum atomic E-state index is -4.72. The quantitative estimate of drug-likeness (QED) is 0.285. The van der Waals surface area contributed by atoms with Crippen LogP contribution < -0.4 is 20.8 Å². The third kappa shape index (κ3) is 8.26. The zero-order valence-electron chi connectivity index (χ0n) is 19.0. The Bertz CT molecular complexity index is 1120. The van der Waals surface area contributed by atoms with Gasteiger partial charge in [0.1, 0.15) is 5.75 Å². The fourth-order valence-corrected chi connectivity index (χ4v) is 3.76. The summed E-state index contributed by atoms with van der Waals surface area (Å²) in [5, 5.41) is 8.13. The minimum Gasteiger partial charge on any atom is -0.484 e. The summed E-state index contributed by atoms with van der Waals surface area (Å²) >= 11 is 5.53. The molecule has 0 aliphatic heterocycles. The molecule has 2 aromatic carbocycles. The number of carbonyl (C=O) groups is 3. The first-order chi connectivity index (χ1) is 17.1. The fraction of sp³-hybridized carbons (Fsp3) is 0.333. The van der Waals surface area contributed by atoms with Gasteiger partial charge in [-0.25, -0.2) is 5.43 Å². The average molecular weight is 525 g/mol. The lowest BCUT2D eigenvalue weighted by atomic mass is 9.95. The van der Waals surface area contributed by atoms with Crippen LogP contribution in [0.2, 0.25) is 5.02 Å². The summed E-state index contributed by atoms with van der Waals surface area (Å²) in [4.78, 5) is 35.8. The summed E-state index contributed by atoms with van der Waals surface area (Å²) in [5.74, 6) is -2.10. The minimum absolute atomic E-state index is 0.104. The SMILES string of the molecule is O=C(COc1ccc(/C=N\NC(=O)C(=O)Nc2ccc(Cl)c(C(F)(F)F)c2)cc1)NC1CCCCC1. The van der Waals surface area contributed by atoms with Crippen LogP contribution in [0, 0.1) is 0 Å². The van der Waals surface area contributed by atoms with Gasteiger partial charge in [-0.2, -0.15) is 18.3 Å². The molecule has 0 bridgehead atoms. The van der Waals surface area contributed by atoms with Crippen molar-refractivity contribution in [3.05, 3.63) is 58.6 Å². The molecule has 36 heavy (non-hydrogen) atoms. The van der Waals surface area contributed by atoms with E-state index in [1.807, 2.05) is 5.43 Å². The van der Waals surface area contributed by atoms with Crippen molar-refractivity contribution >= 4 is 41.2 Å². The first kappa shape index (κ1) is 27.0. The predicted molar refractivity (Wildman–Crippen MR) is 128 cm³/mol. The summed E-state index contributed by atoms with van der Waals surface area (Å²) in [6, 6.07) is 9.40. The molecule has 0 spiro atoms. The lowest BCUT2D eigenvalue weighted by Crippen LogP contribution is -2.38. The standard InChI is InChI=1S/C24H24ClF3N4O4/c25-20-11-8-17(12-19(20)24(26,27)28)31-22(34)23(35)32-29-13-15-6-9-18(10-7-15)36-14-21(33)30-16-4-2-1-3-5-16/h6-13,16H,1-5,14H2,(H,30,33)(H,31,34)(H,32,35)/b29-13-. The topological polar surface area (TPSA) is 109 Å². The van der Waals surface area contributed by atoms with Crippen molar-refractivity contribution < 1.29 is 32.3 Å². The maximum absolute atomic E-state index is 12.9. The molecular formula is C24H24ClF3N4O4. The molecule has 1 aliphatic rings. The highest BCUT2D eigenvalue weighted by Gasteiger charge is 2.33. The van der Waals surface area contributed by atoms with Gasteiger partial charge < -0.3 is 15.4 Å². The molecule has 0 aromatic heterocycles. The first-order valence-electron chi connectivity index (χ1n) is 11.1. The average Bonchev–Trinajstić information content (AvgIpc) is 2.84. The van der Waals surface area contributed by atoms with Crippen LogP contribution >= 0.6 is 11.6 Å². The molecule has 12 heteroatoms. The van der Waals surface area contributed by atoms with Crippen molar-refractivity contribution in [1.82, 2.24) is 10.7 Å². The van der Waals surface area contributed by atoms with E-state index in [1.54, 1.807) is 24.3 Å². The van der Waals surface area contributed by atoms with Crippen LogP contribution in [0.15, 0.2) is 47.6 Å². The molecule has 2 aromatic rings. The molecular weight excluding hydrogens is 501 g/mol. The zero-order chi connectivity index (χ0) is 26.1. The molecule has 0 saturated heterocycles. The van der Waals surface area contributed by atoms with Gasteiger partial charge in [0.05, 0.1) is 16.8 Å². The second-order valence-electron chi connectivity index (χ2n) is 8.11. The summed E-state index contributed by atoms with van der Waals surface area (Å²) in [7, 11) is 0. The molecule has 0 radical (unpaired) electrons. The zero-order valence-corrected chi connectivity index (χ0v) is 19.8. The van der Waals surface area contributed by atoms with E-state index < -0.39 is 28.6 Å². The van der Waals surface area contributed by atoms with Crippen molar-refractivity contribution in [2.45, 2.75) is 44.3 Å². The number of alkyl halides is 3. The number of hydrazone groups is 1. The third-order valence-electron chi connectivity index (χ3n) is 5.34. The van der Waals surface area contributed by atoms with E-state index in [1.165, 1.54) is 12.6 Å². The number of benzene rings is 2. The number of amides is 3. The number of rotatable bonds is 7. The van der Waals surface area contributed by atoms with Gasteiger partial charge >= 0.3 is 18.0 Å². The lowest BCUT2D eigenvalue weighted by molar-refractivity contribution is -0.137. The number of nitrogens with zero attached hydrogens (tertiary/aromatic N) is 1. The number of nitrogens with one attached hydrogen (secondary N) is 3. The Kier molecular flexibility index (Phi) is 9.29. The Morgan fingerprint density at radius 3 is 2.39 bits per heavy atom. The smallest absolute Gasteiger partial charge is 0.417 e. The number of anilines is 1. The van der Waals surface area contributed by atoms with Gasteiger partial charge in [-0.05, 0) is 60.9 Å². The number of ether oxygens (including phenoxy) is 1. The highest BCUT2D eigenvalue weighted by molar-refractivity contribution is 6.39. The van der Waals surface area contributed by atoms with Crippen LogP contribution in [-0.2, 0) is 20.6 Å². The highest BCUT2D eigenvalue weighted by Crippen LogP contribution is 2.36. The summed E-state index contributed by atoms with van der Waals surface area (Å²) in [5.41, 5.74) is 1.15. The Morgan fingerprint density at radius 2 is 1.72 bits per heavy atom. The Morgan fingerprint density at radius 1 is 1.03 bits per heavy atom. The van der Waals surface area contributed by atoms with Gasteiger partial charge in [-0.3, -0.25) is 14.4 Å². The van der Waals surface area contributed by atoms with Gasteiger partial charge in [0.2, 0.25) is 0 Å². The summed E-state index contributed by atoms with van der Waals surface area (Å²) in [6.07, 6.45) is 1.94. The lowest BCUT2D eigenvalue weighted by Gasteiger charge is -2.22. The number of carbonyl (C=O) groups excluding carboxylic acids is 3. The van der Waals surface area contributed by atoms with Crippen molar-refractivity contribution in [3.8, 4) is 5.75 Å². The number of hydrogen-bond donors (Lipinski definition) is 3. The van der Waals surface area contributed by atoms with Gasteiger partial charge in [0, 0.05) is 11.7 Å². The normalized spacial score (nSPS) is 14.3. The maximum Gasteiger partial charge on any atom is 0.417 e. The van der Waals surface area contributed by atoms with E-state index in [9.17, 15) is 27.6 Å². The van der Waals surface area contributed by atoms with E-state index >= 15 is 0 Å². The van der Waals surface area contributed by atoms with Gasteiger partial charge in [-0.15, -0.1) is 0 Å². The molecule has 0 unspecified atom stereocenters. The summed E-state index contributed by atoms with van der Waals surface area (Å²) in [6.45, 7) is -0.104. The van der Waals surface area contributed by atoms with E-state index in [-0.39, 0.29) is 24.2 Å². The van der Waals surface area contributed by atoms with Crippen LogP contribution in [0.1, 0.15) is 43.2 Å². The molecule has 0 heterocycles. The molecule has 8 nitrogen and oxygen atoms in total. The number of hydrogen-bond acceptors (Lipinski definition) is 5. The third-order valence-corrected chi connectivity index (χ3v) is 5.67. The summed E-state index contributed by atoms with van der Waals surface area (Å²) < 4.78 is 44.2.